The molecule has 1 unspecified atom stereocenters. The normalized spacial score (nSPS) is 19.1. The maximum absolute atomic E-state index is 12.4. The van der Waals surface area contributed by atoms with Crippen LogP contribution in [-0.2, 0) is 16.0 Å². The van der Waals surface area contributed by atoms with Crippen LogP contribution in [0.4, 0.5) is 5.95 Å². The summed E-state index contributed by atoms with van der Waals surface area (Å²) < 4.78 is 13.5. The molecule has 8 nitrogen and oxygen atoms in total. The van der Waals surface area contributed by atoms with Crippen molar-refractivity contribution in [1.82, 2.24) is 19.9 Å². The Labute approximate surface area is 219 Å². The zero-order valence-corrected chi connectivity index (χ0v) is 22.1. The van der Waals surface area contributed by atoms with E-state index in [1.807, 2.05) is 0 Å². The average Bonchev–Trinajstić information content (AvgIpc) is 3.32. The van der Waals surface area contributed by atoms with E-state index in [-0.39, 0.29) is 18.7 Å². The molecule has 1 N–H and O–H groups in total. The Morgan fingerprint density at radius 2 is 1.92 bits per heavy atom. The van der Waals surface area contributed by atoms with Crippen LogP contribution in [0.3, 0.4) is 0 Å². The van der Waals surface area contributed by atoms with Crippen molar-refractivity contribution in [3.05, 3.63) is 54.0 Å². The van der Waals surface area contributed by atoms with E-state index in [0.29, 0.717) is 30.1 Å². The van der Waals surface area contributed by atoms with Crippen molar-refractivity contribution in [2.24, 2.45) is 5.92 Å². The number of carbonyl (C=O) groups is 1. The summed E-state index contributed by atoms with van der Waals surface area (Å²) in [5.41, 5.74) is 3.15. The number of para-hydroxylation sites is 1. The number of benzene rings is 1. The molecule has 0 radical (unpaired) electrons. The van der Waals surface area contributed by atoms with Crippen LogP contribution < -0.4 is 10.2 Å². The van der Waals surface area contributed by atoms with Gasteiger partial charge in [-0.1, -0.05) is 18.2 Å². The summed E-state index contributed by atoms with van der Waals surface area (Å²) in [4.78, 5) is 23.6. The lowest BCUT2D eigenvalue weighted by Crippen LogP contribution is -2.38. The predicted molar refractivity (Wildman–Crippen MR) is 145 cm³/mol. The molecule has 2 aliphatic heterocycles. The van der Waals surface area contributed by atoms with Gasteiger partial charge in [0, 0.05) is 61.8 Å². The molecule has 5 rings (SSSR count). The maximum Gasteiger partial charge on any atom is 0.225 e. The monoisotopic (exact) mass is 505 g/mol. The summed E-state index contributed by atoms with van der Waals surface area (Å²) in [7, 11) is 0. The lowest BCUT2D eigenvalue weighted by molar-refractivity contribution is -0.155. The lowest BCUT2D eigenvalue weighted by Gasteiger charge is -2.32. The van der Waals surface area contributed by atoms with Gasteiger partial charge in [-0.2, -0.15) is 0 Å². The molecule has 2 saturated heterocycles. The first-order chi connectivity index (χ1) is 18.1. The Balaban J connectivity index is 1.06. The van der Waals surface area contributed by atoms with Gasteiger partial charge in [0.1, 0.15) is 6.61 Å². The Bertz CT molecular complexity index is 1160. The molecule has 0 aliphatic carbocycles. The second-order valence-electron chi connectivity index (χ2n) is 10.5. The highest BCUT2D eigenvalue weighted by Gasteiger charge is 2.22. The molecule has 0 spiro atoms. The van der Waals surface area contributed by atoms with Crippen molar-refractivity contribution < 1.29 is 14.3 Å². The van der Waals surface area contributed by atoms with E-state index in [4.69, 9.17) is 9.47 Å². The molecule has 0 saturated carbocycles. The van der Waals surface area contributed by atoms with Crippen LogP contribution in [0.1, 0.15) is 67.9 Å². The third-order valence-electron chi connectivity index (χ3n) is 7.52. The molecule has 2 aliphatic rings. The first-order valence-electron chi connectivity index (χ1n) is 13.7. The number of ether oxygens (including phenoxy) is 2. The van der Waals surface area contributed by atoms with Crippen molar-refractivity contribution in [2.45, 2.75) is 64.8 Å². The van der Waals surface area contributed by atoms with Crippen LogP contribution in [0.5, 0.6) is 0 Å². The number of rotatable bonds is 10. The van der Waals surface area contributed by atoms with Crippen molar-refractivity contribution in [1.29, 1.82) is 0 Å². The molecule has 8 heteroatoms. The quantitative estimate of drug-likeness (QED) is 0.399. The van der Waals surface area contributed by atoms with Crippen molar-refractivity contribution >= 4 is 22.6 Å². The zero-order chi connectivity index (χ0) is 25.6. The molecular weight excluding hydrogens is 466 g/mol. The standard InChI is InChI=1S/C29H39N5O3/c1-21(2)34-19-24(25-7-3-4-8-26(25)34)16-30-15-22-10-12-33(13-11-22)29-31-17-23(18-32-29)27(35)20-37-28-9-5-6-14-36-28/h3-4,7-8,17-19,21-22,28,30H,5-6,9-16,20H2,1-2H3. The van der Waals surface area contributed by atoms with E-state index in [9.17, 15) is 4.79 Å². The predicted octanol–water partition coefficient (Wildman–Crippen LogP) is 4.74. The van der Waals surface area contributed by atoms with Crippen molar-refractivity contribution in [3.8, 4) is 0 Å². The minimum Gasteiger partial charge on any atom is -0.353 e. The van der Waals surface area contributed by atoms with Gasteiger partial charge in [0.15, 0.2) is 12.1 Å². The summed E-state index contributed by atoms with van der Waals surface area (Å²) in [6.45, 7) is 8.91. The number of fused-ring (bicyclic) bond motifs is 1. The summed E-state index contributed by atoms with van der Waals surface area (Å²) in [5.74, 6) is 1.22. The van der Waals surface area contributed by atoms with Gasteiger partial charge in [0.25, 0.3) is 0 Å². The first-order valence-corrected chi connectivity index (χ1v) is 13.7. The topological polar surface area (TPSA) is 81.5 Å². The van der Waals surface area contributed by atoms with Gasteiger partial charge >= 0.3 is 0 Å². The molecular formula is C29H39N5O3. The number of anilines is 1. The van der Waals surface area contributed by atoms with E-state index in [0.717, 1.165) is 58.3 Å². The molecule has 0 bridgehead atoms. The molecule has 3 aromatic rings. The van der Waals surface area contributed by atoms with Crippen LogP contribution >= 0.6 is 0 Å². The first kappa shape index (κ1) is 25.8. The number of nitrogens with zero attached hydrogens (tertiary/aromatic N) is 4. The molecule has 2 aromatic heterocycles. The molecule has 1 atom stereocenters. The van der Waals surface area contributed by atoms with Gasteiger partial charge in [-0.15, -0.1) is 0 Å². The molecule has 2 fully saturated rings. The molecule has 4 heterocycles. The number of carbonyl (C=O) groups excluding carboxylic acids is 1. The summed E-state index contributed by atoms with van der Waals surface area (Å²) >= 11 is 0. The van der Waals surface area contributed by atoms with Gasteiger partial charge in [-0.05, 0) is 70.0 Å². The highest BCUT2D eigenvalue weighted by atomic mass is 16.7. The van der Waals surface area contributed by atoms with E-state index in [2.05, 4.69) is 69.1 Å². The van der Waals surface area contributed by atoms with Gasteiger partial charge in [0.2, 0.25) is 5.95 Å². The van der Waals surface area contributed by atoms with Crippen molar-refractivity contribution in [2.75, 3.05) is 37.7 Å². The van der Waals surface area contributed by atoms with Crippen LogP contribution in [0.15, 0.2) is 42.9 Å². The smallest absolute Gasteiger partial charge is 0.225 e. The molecule has 1 aromatic carbocycles. The molecule has 0 amide bonds. The highest BCUT2D eigenvalue weighted by molar-refractivity contribution is 5.96. The Morgan fingerprint density at radius 1 is 1.14 bits per heavy atom. The second kappa shape index (κ2) is 12.2. The van der Waals surface area contributed by atoms with Gasteiger partial charge < -0.3 is 24.3 Å². The average molecular weight is 506 g/mol. The van der Waals surface area contributed by atoms with E-state index in [1.165, 1.54) is 16.5 Å². The maximum atomic E-state index is 12.4. The third kappa shape index (κ3) is 6.37. The number of nitrogens with one attached hydrogen (secondary N) is 1. The minimum absolute atomic E-state index is 0.00373. The fourth-order valence-electron chi connectivity index (χ4n) is 5.32. The fourth-order valence-corrected chi connectivity index (χ4v) is 5.32. The Kier molecular flexibility index (Phi) is 8.48. The number of ketones is 1. The Hall–Kier alpha value is -2.81. The van der Waals surface area contributed by atoms with Gasteiger partial charge in [-0.25, -0.2) is 9.97 Å². The number of piperidine rings is 1. The number of hydrogen-bond acceptors (Lipinski definition) is 7. The summed E-state index contributed by atoms with van der Waals surface area (Å²) in [5, 5.41) is 5.04. The number of Topliss-reactive ketones (excluding diaryl/α,β-unsaturated/α-hetero) is 1. The minimum atomic E-state index is -0.269. The van der Waals surface area contributed by atoms with Crippen LogP contribution in [0.25, 0.3) is 10.9 Å². The van der Waals surface area contributed by atoms with Gasteiger partial charge in [0.05, 0.1) is 5.56 Å². The molecule has 37 heavy (non-hydrogen) atoms. The number of aromatic nitrogens is 3. The summed E-state index contributed by atoms with van der Waals surface area (Å²) in [6.07, 6.45) is 10.4. The zero-order valence-electron chi connectivity index (χ0n) is 22.1. The second-order valence-corrected chi connectivity index (χ2v) is 10.5. The van der Waals surface area contributed by atoms with E-state index >= 15 is 0 Å². The van der Waals surface area contributed by atoms with Crippen LogP contribution in [-0.4, -0.2) is 59.5 Å². The largest absolute Gasteiger partial charge is 0.353 e. The lowest BCUT2D eigenvalue weighted by atomic mass is 9.97. The third-order valence-corrected chi connectivity index (χ3v) is 7.52. The summed E-state index contributed by atoms with van der Waals surface area (Å²) in [6, 6.07) is 9.11. The van der Waals surface area contributed by atoms with E-state index < -0.39 is 0 Å². The highest BCUT2D eigenvalue weighted by Crippen LogP contribution is 2.25. The Morgan fingerprint density at radius 3 is 2.65 bits per heavy atom. The number of hydrogen-bond donors (Lipinski definition) is 1. The van der Waals surface area contributed by atoms with E-state index in [1.54, 1.807) is 12.4 Å². The molecule has 198 valence electrons. The van der Waals surface area contributed by atoms with Gasteiger partial charge in [-0.3, -0.25) is 4.79 Å². The van der Waals surface area contributed by atoms with Crippen LogP contribution in [0.2, 0.25) is 0 Å². The van der Waals surface area contributed by atoms with Crippen LogP contribution in [0, 0.1) is 5.92 Å². The SMILES string of the molecule is CC(C)n1cc(CNCC2CCN(c3ncc(C(=O)COC4CCCCO4)cn3)CC2)c2ccccc21. The fraction of sp³-hybridized carbons (Fsp3) is 0.552. The van der Waals surface area contributed by atoms with Crippen molar-refractivity contribution in [3.63, 3.8) is 0 Å².